The second-order valence-corrected chi connectivity index (χ2v) is 6.32. The Balaban J connectivity index is 0.00000441. The maximum Gasteiger partial charge on any atom is 0.191 e. The van der Waals surface area contributed by atoms with Crippen LogP contribution >= 0.6 is 35.6 Å². The lowest BCUT2D eigenvalue weighted by atomic mass is 10.0. The summed E-state index contributed by atoms with van der Waals surface area (Å²) in [6.07, 6.45) is 0. The molecule has 0 aliphatic heterocycles. The van der Waals surface area contributed by atoms with Crippen LogP contribution in [0.1, 0.15) is 26.3 Å². The highest BCUT2D eigenvalue weighted by molar-refractivity contribution is 14.0. The standard InChI is InChI=1S/C16H27ClN4.HI/c1-6-18-15(20-12-16(2,3)21(4)5)19-11-13-8-7-9-14(17)10-13;/h7-10H,6,11-12H2,1-5H3,(H2,18,19,20);1H. The average Bonchev–Trinajstić information content (AvgIpc) is 2.42. The van der Waals surface area contributed by atoms with E-state index in [0.717, 1.165) is 29.6 Å². The number of nitrogens with zero attached hydrogens (tertiary/aromatic N) is 2. The van der Waals surface area contributed by atoms with Crippen LogP contribution in [0, 0.1) is 0 Å². The molecule has 0 heterocycles. The van der Waals surface area contributed by atoms with Crippen molar-refractivity contribution in [1.29, 1.82) is 0 Å². The zero-order valence-corrected chi connectivity index (χ0v) is 17.2. The number of halogens is 2. The number of hydrogen-bond acceptors (Lipinski definition) is 2. The maximum atomic E-state index is 5.99. The molecular weight excluding hydrogens is 411 g/mol. The molecule has 1 aromatic rings. The summed E-state index contributed by atoms with van der Waals surface area (Å²) in [5.74, 6) is 0.826. The van der Waals surface area contributed by atoms with Crippen molar-refractivity contribution in [1.82, 2.24) is 15.5 Å². The Morgan fingerprint density at radius 3 is 2.50 bits per heavy atom. The summed E-state index contributed by atoms with van der Waals surface area (Å²) in [6, 6.07) is 7.79. The summed E-state index contributed by atoms with van der Waals surface area (Å²) < 4.78 is 0. The number of nitrogens with one attached hydrogen (secondary N) is 2. The topological polar surface area (TPSA) is 39.7 Å². The normalized spacial score (nSPS) is 12.0. The second-order valence-electron chi connectivity index (χ2n) is 5.89. The number of guanidine groups is 1. The van der Waals surface area contributed by atoms with Gasteiger partial charge in [0.25, 0.3) is 0 Å². The van der Waals surface area contributed by atoms with Crippen molar-refractivity contribution in [3.8, 4) is 0 Å². The summed E-state index contributed by atoms with van der Waals surface area (Å²) in [6.45, 7) is 8.72. The van der Waals surface area contributed by atoms with Gasteiger partial charge in [-0.25, -0.2) is 4.99 Å². The van der Waals surface area contributed by atoms with E-state index in [4.69, 9.17) is 11.6 Å². The van der Waals surface area contributed by atoms with Crippen LogP contribution in [0.5, 0.6) is 0 Å². The van der Waals surface area contributed by atoms with E-state index in [0.29, 0.717) is 6.54 Å². The Morgan fingerprint density at radius 2 is 1.95 bits per heavy atom. The van der Waals surface area contributed by atoms with Crippen molar-refractivity contribution in [2.24, 2.45) is 4.99 Å². The van der Waals surface area contributed by atoms with Gasteiger partial charge in [-0.05, 0) is 52.6 Å². The van der Waals surface area contributed by atoms with Crippen LogP contribution in [-0.2, 0) is 6.54 Å². The zero-order valence-electron chi connectivity index (χ0n) is 14.1. The monoisotopic (exact) mass is 438 g/mol. The van der Waals surface area contributed by atoms with E-state index >= 15 is 0 Å². The summed E-state index contributed by atoms with van der Waals surface area (Å²) in [5, 5.41) is 7.40. The first-order chi connectivity index (χ1) is 9.85. The third-order valence-corrected chi connectivity index (χ3v) is 3.79. The highest BCUT2D eigenvalue weighted by Gasteiger charge is 2.20. The zero-order chi connectivity index (χ0) is 15.9. The molecule has 0 saturated carbocycles. The van der Waals surface area contributed by atoms with Gasteiger partial charge in [-0.15, -0.1) is 24.0 Å². The molecular formula is C16H28ClIN4. The lowest BCUT2D eigenvalue weighted by Gasteiger charge is -2.33. The molecule has 4 nitrogen and oxygen atoms in total. The van der Waals surface area contributed by atoms with Crippen LogP contribution < -0.4 is 10.6 Å². The molecule has 0 bridgehead atoms. The molecule has 0 saturated heterocycles. The van der Waals surface area contributed by atoms with Crippen molar-refractivity contribution in [3.63, 3.8) is 0 Å². The highest BCUT2D eigenvalue weighted by atomic mass is 127. The third-order valence-electron chi connectivity index (χ3n) is 3.55. The van der Waals surface area contributed by atoms with Crippen molar-refractivity contribution in [3.05, 3.63) is 34.9 Å². The van der Waals surface area contributed by atoms with Gasteiger partial charge in [0.05, 0.1) is 6.54 Å². The van der Waals surface area contributed by atoms with Crippen LogP contribution in [0.25, 0.3) is 0 Å². The van der Waals surface area contributed by atoms with Gasteiger partial charge in [0.2, 0.25) is 0 Å². The minimum Gasteiger partial charge on any atom is -0.357 e. The molecule has 0 unspecified atom stereocenters. The van der Waals surface area contributed by atoms with Gasteiger partial charge in [-0.2, -0.15) is 0 Å². The van der Waals surface area contributed by atoms with Crippen molar-refractivity contribution in [2.45, 2.75) is 32.9 Å². The predicted octanol–water partition coefficient (Wildman–Crippen LogP) is 3.35. The van der Waals surface area contributed by atoms with E-state index in [2.05, 4.69) is 55.4 Å². The highest BCUT2D eigenvalue weighted by Crippen LogP contribution is 2.11. The quantitative estimate of drug-likeness (QED) is 0.406. The molecule has 0 fully saturated rings. The average molecular weight is 439 g/mol. The van der Waals surface area contributed by atoms with Gasteiger partial charge < -0.3 is 15.5 Å². The Labute approximate surface area is 156 Å². The van der Waals surface area contributed by atoms with E-state index < -0.39 is 0 Å². The van der Waals surface area contributed by atoms with Crippen molar-refractivity contribution >= 4 is 41.5 Å². The van der Waals surface area contributed by atoms with E-state index in [9.17, 15) is 0 Å². The lowest BCUT2D eigenvalue weighted by molar-refractivity contribution is 0.197. The van der Waals surface area contributed by atoms with Crippen LogP contribution in [0.15, 0.2) is 29.3 Å². The fourth-order valence-electron chi connectivity index (χ4n) is 1.61. The molecule has 0 aliphatic rings. The maximum absolute atomic E-state index is 5.99. The molecule has 0 atom stereocenters. The number of aliphatic imine (C=N–C) groups is 1. The van der Waals surface area contributed by atoms with Gasteiger partial charge in [0.1, 0.15) is 0 Å². The molecule has 6 heteroatoms. The van der Waals surface area contributed by atoms with Gasteiger partial charge in [0.15, 0.2) is 5.96 Å². The fourth-order valence-corrected chi connectivity index (χ4v) is 1.82. The van der Waals surface area contributed by atoms with Gasteiger partial charge in [-0.1, -0.05) is 23.7 Å². The Hall–Kier alpha value is -0.530. The molecule has 1 rings (SSSR count). The smallest absolute Gasteiger partial charge is 0.191 e. The Bertz CT molecular complexity index is 475. The summed E-state index contributed by atoms with van der Waals surface area (Å²) in [5.41, 5.74) is 1.17. The molecule has 1 aromatic carbocycles. The first-order valence-electron chi connectivity index (χ1n) is 7.29. The second kappa shape index (κ2) is 10.3. The third kappa shape index (κ3) is 7.65. The van der Waals surface area contributed by atoms with Gasteiger partial charge >= 0.3 is 0 Å². The van der Waals surface area contributed by atoms with E-state index in [1.807, 2.05) is 24.3 Å². The molecule has 0 radical (unpaired) electrons. The van der Waals surface area contributed by atoms with E-state index in [1.165, 1.54) is 0 Å². The molecule has 0 aromatic heterocycles. The molecule has 22 heavy (non-hydrogen) atoms. The Kier molecular flexibility index (Phi) is 10.0. The van der Waals surface area contributed by atoms with Crippen LogP contribution in [-0.4, -0.2) is 43.6 Å². The Morgan fingerprint density at radius 1 is 1.27 bits per heavy atom. The minimum atomic E-state index is 0. The first-order valence-corrected chi connectivity index (χ1v) is 7.67. The number of rotatable bonds is 6. The first kappa shape index (κ1) is 21.5. The van der Waals surface area contributed by atoms with Crippen LogP contribution in [0.4, 0.5) is 0 Å². The lowest BCUT2D eigenvalue weighted by Crippen LogP contribution is -2.50. The summed E-state index contributed by atoms with van der Waals surface area (Å²) in [4.78, 5) is 6.80. The van der Waals surface area contributed by atoms with Crippen LogP contribution in [0.3, 0.4) is 0 Å². The molecule has 0 spiro atoms. The van der Waals surface area contributed by atoms with Gasteiger partial charge in [0, 0.05) is 23.7 Å². The largest absolute Gasteiger partial charge is 0.357 e. The SMILES string of the molecule is CCNC(=NCc1cccc(Cl)c1)NCC(C)(C)N(C)C.I. The number of hydrogen-bond donors (Lipinski definition) is 2. The van der Waals surface area contributed by atoms with Crippen molar-refractivity contribution in [2.75, 3.05) is 27.2 Å². The number of benzene rings is 1. The van der Waals surface area contributed by atoms with E-state index in [-0.39, 0.29) is 29.5 Å². The summed E-state index contributed by atoms with van der Waals surface area (Å²) in [7, 11) is 4.16. The molecule has 0 amide bonds. The molecule has 126 valence electrons. The fraction of sp³-hybridized carbons (Fsp3) is 0.562. The van der Waals surface area contributed by atoms with E-state index in [1.54, 1.807) is 0 Å². The number of likely N-dealkylation sites (N-methyl/N-ethyl adjacent to an activating group) is 1. The van der Waals surface area contributed by atoms with Gasteiger partial charge in [-0.3, -0.25) is 0 Å². The van der Waals surface area contributed by atoms with Crippen molar-refractivity contribution < 1.29 is 0 Å². The summed E-state index contributed by atoms with van der Waals surface area (Å²) >= 11 is 5.99. The molecule has 0 aliphatic carbocycles. The van der Waals surface area contributed by atoms with Crippen LogP contribution in [0.2, 0.25) is 5.02 Å². The minimum absolute atomic E-state index is 0. The predicted molar refractivity (Wildman–Crippen MR) is 107 cm³/mol. The molecule has 2 N–H and O–H groups in total.